The van der Waals surface area contributed by atoms with E-state index < -0.39 is 10.1 Å². The fourth-order valence-electron chi connectivity index (χ4n) is 0.587. The third-order valence-corrected chi connectivity index (χ3v) is 2.46. The van der Waals surface area contributed by atoms with Gasteiger partial charge in [-0.2, -0.15) is 0 Å². The summed E-state index contributed by atoms with van der Waals surface area (Å²) in [7, 11) is -2.30. The molecule has 0 fully saturated rings. The molecule has 0 aliphatic carbocycles. The lowest BCUT2D eigenvalue weighted by atomic mass is 10.4. The van der Waals surface area contributed by atoms with Crippen molar-refractivity contribution in [3.8, 4) is 0 Å². The monoisotopic (exact) mass is 230 g/mol. The van der Waals surface area contributed by atoms with Gasteiger partial charge in [0, 0.05) is 6.04 Å². The van der Waals surface area contributed by atoms with E-state index in [0.717, 1.165) is 0 Å². The Labute approximate surface area is 91.1 Å². The first-order valence-electron chi connectivity index (χ1n) is 4.56. The highest BCUT2D eigenvalue weighted by Crippen LogP contribution is 2.04. The van der Waals surface area contributed by atoms with Crippen LogP contribution >= 0.6 is 0 Å². The van der Waals surface area contributed by atoms with Crippen LogP contribution in [0.15, 0.2) is 35.2 Å². The Hall–Kier alpha value is -0.910. The first-order chi connectivity index (χ1) is 6.88. The molecule has 0 heterocycles. The second kappa shape index (κ2) is 6.55. The van der Waals surface area contributed by atoms with Gasteiger partial charge in [0.25, 0.3) is 0 Å². The Morgan fingerprint density at radius 2 is 1.60 bits per heavy atom. The largest absolute Gasteiger partial charge is 0.744 e. The minimum absolute atomic E-state index is 0.185. The van der Waals surface area contributed by atoms with Crippen LogP contribution in [0.5, 0.6) is 0 Å². The molecule has 1 rings (SSSR count). The zero-order chi connectivity index (χ0) is 11.9. The molecule has 0 atom stereocenters. The maximum absolute atomic E-state index is 10.3. The van der Waals surface area contributed by atoms with Crippen LogP contribution in [0.4, 0.5) is 0 Å². The van der Waals surface area contributed by atoms with Crippen LogP contribution in [0.2, 0.25) is 0 Å². The van der Waals surface area contributed by atoms with E-state index in [9.17, 15) is 13.0 Å². The van der Waals surface area contributed by atoms with E-state index in [1.807, 2.05) is 7.05 Å². The van der Waals surface area contributed by atoms with Gasteiger partial charge in [-0.3, -0.25) is 0 Å². The van der Waals surface area contributed by atoms with E-state index in [0.29, 0.717) is 6.04 Å². The lowest BCUT2D eigenvalue weighted by Gasteiger charge is -2.04. The third kappa shape index (κ3) is 7.07. The quantitative estimate of drug-likeness (QED) is 0.775. The molecular weight excluding hydrogens is 214 g/mol. The van der Waals surface area contributed by atoms with Crippen LogP contribution in [0.1, 0.15) is 13.8 Å². The van der Waals surface area contributed by atoms with Crippen molar-refractivity contribution >= 4 is 10.1 Å². The zero-order valence-corrected chi connectivity index (χ0v) is 9.91. The van der Waals surface area contributed by atoms with E-state index in [1.165, 1.54) is 24.3 Å². The summed E-state index contributed by atoms with van der Waals surface area (Å²) in [4.78, 5) is -0.185. The minimum Gasteiger partial charge on any atom is -0.744 e. The smallest absolute Gasteiger partial charge is 0.124 e. The van der Waals surface area contributed by atoms with Gasteiger partial charge < -0.3 is 9.87 Å². The number of benzene rings is 1. The lowest BCUT2D eigenvalue weighted by molar-refractivity contribution is 0.463. The maximum Gasteiger partial charge on any atom is 0.124 e. The highest BCUT2D eigenvalue weighted by molar-refractivity contribution is 7.85. The average molecular weight is 230 g/mol. The van der Waals surface area contributed by atoms with E-state index in [1.54, 1.807) is 6.07 Å². The van der Waals surface area contributed by atoms with E-state index in [2.05, 4.69) is 19.2 Å². The van der Waals surface area contributed by atoms with Crippen molar-refractivity contribution in [3.05, 3.63) is 30.3 Å². The van der Waals surface area contributed by atoms with Crippen molar-refractivity contribution in [2.24, 2.45) is 0 Å². The van der Waals surface area contributed by atoms with Crippen molar-refractivity contribution in [1.82, 2.24) is 5.32 Å². The fraction of sp³-hybridized carbons (Fsp3) is 0.400. The first-order valence-corrected chi connectivity index (χ1v) is 5.97. The predicted molar refractivity (Wildman–Crippen MR) is 58.6 cm³/mol. The van der Waals surface area contributed by atoms with Gasteiger partial charge in [0.1, 0.15) is 10.1 Å². The van der Waals surface area contributed by atoms with Gasteiger partial charge in [0.2, 0.25) is 0 Å². The summed E-state index contributed by atoms with van der Waals surface area (Å²) >= 11 is 0. The minimum atomic E-state index is -4.25. The predicted octanol–water partition coefficient (Wildman–Crippen LogP) is 1.20. The molecule has 0 spiro atoms. The Balaban J connectivity index is 0.000000336. The van der Waals surface area contributed by atoms with Crippen LogP contribution in [-0.4, -0.2) is 26.1 Å². The van der Waals surface area contributed by atoms with Gasteiger partial charge in [0.15, 0.2) is 0 Å². The van der Waals surface area contributed by atoms with Crippen LogP contribution in [0.25, 0.3) is 0 Å². The molecule has 0 saturated carbocycles. The Kier molecular flexibility index (Phi) is 6.15. The van der Waals surface area contributed by atoms with Gasteiger partial charge in [-0.15, -0.1) is 0 Å². The second-order valence-electron chi connectivity index (χ2n) is 3.21. The molecule has 1 N–H and O–H groups in total. The standard InChI is InChI=1S/C6H6O3S.C4H11N/c7-10(8,9)6-4-2-1-3-5-6;1-4(2)5-3/h1-5H,(H,7,8,9);4-5H,1-3H3/p-1. The number of hydrogen-bond donors (Lipinski definition) is 1. The molecule has 86 valence electrons. The topological polar surface area (TPSA) is 69.2 Å². The molecule has 0 amide bonds. The molecule has 0 aliphatic rings. The summed E-state index contributed by atoms with van der Waals surface area (Å²) in [5, 5.41) is 3.03. The van der Waals surface area contributed by atoms with Gasteiger partial charge in [-0.05, 0) is 19.2 Å². The van der Waals surface area contributed by atoms with Crippen molar-refractivity contribution in [1.29, 1.82) is 0 Å². The number of rotatable bonds is 2. The van der Waals surface area contributed by atoms with Crippen molar-refractivity contribution in [2.45, 2.75) is 24.8 Å². The summed E-state index contributed by atoms with van der Waals surface area (Å²) in [5.74, 6) is 0. The molecule has 5 heteroatoms. The van der Waals surface area contributed by atoms with E-state index in [4.69, 9.17) is 0 Å². The van der Waals surface area contributed by atoms with Crippen LogP contribution in [-0.2, 0) is 10.1 Å². The molecule has 0 bridgehead atoms. The van der Waals surface area contributed by atoms with Crippen molar-refractivity contribution < 1.29 is 13.0 Å². The molecular formula is C10H16NO3S-. The summed E-state index contributed by atoms with van der Waals surface area (Å²) in [5.41, 5.74) is 0. The summed E-state index contributed by atoms with van der Waals surface area (Å²) in [6.07, 6.45) is 0. The van der Waals surface area contributed by atoms with E-state index >= 15 is 0 Å². The Bertz CT molecular complexity index is 360. The summed E-state index contributed by atoms with van der Waals surface area (Å²) < 4.78 is 30.8. The molecule has 0 unspecified atom stereocenters. The fourth-order valence-corrected chi connectivity index (χ4v) is 1.08. The van der Waals surface area contributed by atoms with Gasteiger partial charge in [0.05, 0.1) is 4.90 Å². The van der Waals surface area contributed by atoms with Gasteiger partial charge in [-0.25, -0.2) is 8.42 Å². The molecule has 1 aromatic carbocycles. The van der Waals surface area contributed by atoms with Crippen LogP contribution < -0.4 is 5.32 Å². The lowest BCUT2D eigenvalue weighted by Crippen LogP contribution is -2.15. The highest BCUT2D eigenvalue weighted by atomic mass is 32.2. The Morgan fingerprint density at radius 1 is 1.20 bits per heavy atom. The highest BCUT2D eigenvalue weighted by Gasteiger charge is 1.95. The average Bonchev–Trinajstić information content (AvgIpc) is 2.19. The molecule has 0 aromatic heterocycles. The molecule has 0 aliphatic heterocycles. The van der Waals surface area contributed by atoms with Crippen molar-refractivity contribution in [3.63, 3.8) is 0 Å². The van der Waals surface area contributed by atoms with Gasteiger partial charge >= 0.3 is 0 Å². The SMILES string of the molecule is CNC(C)C.O=S(=O)([O-])c1ccccc1. The molecule has 0 radical (unpaired) electrons. The van der Waals surface area contributed by atoms with Crippen LogP contribution in [0, 0.1) is 0 Å². The summed E-state index contributed by atoms with van der Waals surface area (Å²) in [6.45, 7) is 4.22. The van der Waals surface area contributed by atoms with E-state index in [-0.39, 0.29) is 4.90 Å². The molecule has 0 saturated heterocycles. The normalized spacial score (nSPS) is 10.7. The second-order valence-corrected chi connectivity index (χ2v) is 4.59. The maximum atomic E-state index is 10.3. The number of nitrogens with one attached hydrogen (secondary N) is 1. The van der Waals surface area contributed by atoms with Gasteiger partial charge in [-0.1, -0.05) is 32.0 Å². The van der Waals surface area contributed by atoms with Crippen LogP contribution in [0.3, 0.4) is 0 Å². The number of hydrogen-bond acceptors (Lipinski definition) is 4. The third-order valence-electron chi connectivity index (χ3n) is 1.61. The Morgan fingerprint density at radius 3 is 1.80 bits per heavy atom. The molecule has 1 aromatic rings. The van der Waals surface area contributed by atoms with Crippen molar-refractivity contribution in [2.75, 3.05) is 7.05 Å². The summed E-state index contributed by atoms with van der Waals surface area (Å²) in [6, 6.07) is 7.82. The molecule has 4 nitrogen and oxygen atoms in total. The zero-order valence-electron chi connectivity index (χ0n) is 9.10. The first kappa shape index (κ1) is 14.1. The molecule has 15 heavy (non-hydrogen) atoms.